The minimum Gasteiger partial charge on any atom is -0.366 e. The van der Waals surface area contributed by atoms with Gasteiger partial charge in [-0.15, -0.1) is 0 Å². The summed E-state index contributed by atoms with van der Waals surface area (Å²) in [6.45, 7) is 2.80. The van der Waals surface area contributed by atoms with Gasteiger partial charge in [0, 0.05) is 62.5 Å². The standard InChI is InChI=1S/C20H20N4O2/c1-22-14-16(6-7-19(22)25)20(26)24-10-8-23(9-11-24)18-13-21-12-15-4-2-3-5-17(15)18/h2-7,12-14H,8-11H2,1H3. The molecule has 3 aromatic rings. The molecule has 3 heterocycles. The molecule has 0 unspecified atom stereocenters. The van der Waals surface area contributed by atoms with Crippen LogP contribution < -0.4 is 10.5 Å². The molecule has 1 fully saturated rings. The first-order chi connectivity index (χ1) is 12.6. The number of carbonyl (C=O) groups is 1. The number of carbonyl (C=O) groups excluding carboxylic acids is 1. The summed E-state index contributed by atoms with van der Waals surface area (Å²) >= 11 is 0. The molecule has 0 saturated carbocycles. The second-order valence-corrected chi connectivity index (χ2v) is 6.53. The summed E-state index contributed by atoms with van der Waals surface area (Å²) in [6, 6.07) is 11.2. The fraction of sp³-hybridized carbons (Fsp3) is 0.250. The largest absolute Gasteiger partial charge is 0.366 e. The maximum atomic E-state index is 12.7. The van der Waals surface area contributed by atoms with Crippen molar-refractivity contribution in [3.63, 3.8) is 0 Å². The van der Waals surface area contributed by atoms with Crippen LogP contribution in [0, 0.1) is 0 Å². The van der Waals surface area contributed by atoms with Gasteiger partial charge in [0.2, 0.25) is 5.56 Å². The summed E-state index contributed by atoms with van der Waals surface area (Å²) in [5, 5.41) is 2.30. The lowest BCUT2D eigenvalue weighted by Crippen LogP contribution is -2.49. The lowest BCUT2D eigenvalue weighted by atomic mass is 10.1. The predicted molar refractivity (Wildman–Crippen MR) is 102 cm³/mol. The van der Waals surface area contributed by atoms with Gasteiger partial charge in [0.05, 0.1) is 17.4 Å². The van der Waals surface area contributed by atoms with Crippen LogP contribution in [0.25, 0.3) is 10.8 Å². The molecule has 2 aromatic heterocycles. The Hall–Kier alpha value is -3.15. The Labute approximate surface area is 151 Å². The number of nitrogens with zero attached hydrogens (tertiary/aromatic N) is 4. The molecule has 0 N–H and O–H groups in total. The molecule has 6 heteroatoms. The van der Waals surface area contributed by atoms with E-state index < -0.39 is 0 Å². The van der Waals surface area contributed by atoms with E-state index in [0.717, 1.165) is 24.2 Å². The number of piperazine rings is 1. The molecule has 0 spiro atoms. The van der Waals surface area contributed by atoms with Crippen molar-refractivity contribution in [2.45, 2.75) is 0 Å². The van der Waals surface area contributed by atoms with Gasteiger partial charge in [0.15, 0.2) is 0 Å². The second kappa shape index (κ2) is 6.63. The SMILES string of the molecule is Cn1cc(C(=O)N2CCN(c3cncc4ccccc34)CC2)ccc1=O. The van der Waals surface area contributed by atoms with Gasteiger partial charge in [-0.05, 0) is 6.07 Å². The van der Waals surface area contributed by atoms with Gasteiger partial charge < -0.3 is 14.4 Å². The zero-order valence-corrected chi connectivity index (χ0v) is 14.6. The Kier molecular flexibility index (Phi) is 4.16. The molecule has 0 aliphatic carbocycles. The third-order valence-corrected chi connectivity index (χ3v) is 4.89. The van der Waals surface area contributed by atoms with Crippen molar-refractivity contribution in [3.05, 3.63) is 70.9 Å². The van der Waals surface area contributed by atoms with Crippen molar-refractivity contribution in [1.29, 1.82) is 0 Å². The Morgan fingerprint density at radius 1 is 1.00 bits per heavy atom. The van der Waals surface area contributed by atoms with E-state index >= 15 is 0 Å². The van der Waals surface area contributed by atoms with Crippen molar-refractivity contribution < 1.29 is 4.79 Å². The van der Waals surface area contributed by atoms with Crippen molar-refractivity contribution in [2.24, 2.45) is 7.05 Å². The Morgan fingerprint density at radius 2 is 1.77 bits per heavy atom. The van der Waals surface area contributed by atoms with Crippen LogP contribution in [-0.4, -0.2) is 46.5 Å². The van der Waals surface area contributed by atoms with Crippen LogP contribution in [0.4, 0.5) is 5.69 Å². The molecule has 6 nitrogen and oxygen atoms in total. The fourth-order valence-electron chi connectivity index (χ4n) is 3.41. The highest BCUT2D eigenvalue weighted by Gasteiger charge is 2.23. The molecule has 1 amide bonds. The van der Waals surface area contributed by atoms with E-state index in [9.17, 15) is 9.59 Å². The van der Waals surface area contributed by atoms with Crippen molar-refractivity contribution >= 4 is 22.4 Å². The lowest BCUT2D eigenvalue weighted by Gasteiger charge is -2.36. The number of hydrogen-bond acceptors (Lipinski definition) is 4. The minimum absolute atomic E-state index is 0.0312. The Morgan fingerprint density at radius 3 is 2.54 bits per heavy atom. The smallest absolute Gasteiger partial charge is 0.255 e. The first-order valence-corrected chi connectivity index (χ1v) is 8.67. The van der Waals surface area contributed by atoms with Gasteiger partial charge in [-0.25, -0.2) is 0 Å². The van der Waals surface area contributed by atoms with Crippen LogP contribution in [0.3, 0.4) is 0 Å². The van der Waals surface area contributed by atoms with Gasteiger partial charge in [-0.2, -0.15) is 0 Å². The number of anilines is 1. The molecule has 1 aliphatic heterocycles. The summed E-state index contributed by atoms with van der Waals surface area (Å²) in [4.78, 5) is 32.7. The van der Waals surface area contributed by atoms with E-state index in [1.807, 2.05) is 29.4 Å². The maximum Gasteiger partial charge on any atom is 0.255 e. The second-order valence-electron chi connectivity index (χ2n) is 6.53. The third-order valence-electron chi connectivity index (χ3n) is 4.89. The molecular weight excluding hydrogens is 328 g/mol. The normalized spacial score (nSPS) is 14.7. The number of amides is 1. The molecule has 132 valence electrons. The number of pyridine rings is 2. The van der Waals surface area contributed by atoms with E-state index in [-0.39, 0.29) is 11.5 Å². The zero-order valence-electron chi connectivity index (χ0n) is 14.6. The molecular formula is C20H20N4O2. The predicted octanol–water partition coefficient (Wildman–Crippen LogP) is 1.90. The van der Waals surface area contributed by atoms with Crippen LogP contribution in [0.15, 0.2) is 59.8 Å². The molecule has 1 saturated heterocycles. The Bertz CT molecular complexity index is 1010. The molecule has 0 radical (unpaired) electrons. The minimum atomic E-state index is -0.116. The summed E-state index contributed by atoms with van der Waals surface area (Å²) in [7, 11) is 1.66. The summed E-state index contributed by atoms with van der Waals surface area (Å²) in [5.74, 6) is -0.0312. The number of aromatic nitrogens is 2. The molecule has 0 atom stereocenters. The van der Waals surface area contributed by atoms with E-state index in [4.69, 9.17) is 0 Å². The molecule has 4 rings (SSSR count). The highest BCUT2D eigenvalue weighted by atomic mass is 16.2. The van der Waals surface area contributed by atoms with E-state index in [0.29, 0.717) is 18.7 Å². The van der Waals surface area contributed by atoms with Gasteiger partial charge in [0.1, 0.15) is 0 Å². The number of rotatable bonds is 2. The topological polar surface area (TPSA) is 58.4 Å². The van der Waals surface area contributed by atoms with E-state index in [1.54, 1.807) is 19.3 Å². The lowest BCUT2D eigenvalue weighted by molar-refractivity contribution is 0.0746. The van der Waals surface area contributed by atoms with E-state index in [1.165, 1.54) is 16.0 Å². The van der Waals surface area contributed by atoms with Gasteiger partial charge in [-0.1, -0.05) is 24.3 Å². The summed E-state index contributed by atoms with van der Waals surface area (Å²) in [6.07, 6.45) is 5.37. The third kappa shape index (κ3) is 2.94. The van der Waals surface area contributed by atoms with Crippen molar-refractivity contribution in [2.75, 3.05) is 31.1 Å². The highest BCUT2D eigenvalue weighted by Crippen LogP contribution is 2.26. The molecule has 1 aliphatic rings. The van der Waals surface area contributed by atoms with Gasteiger partial charge >= 0.3 is 0 Å². The molecule has 1 aromatic carbocycles. The quantitative estimate of drug-likeness (QED) is 0.710. The fourth-order valence-corrected chi connectivity index (χ4v) is 3.41. The van der Waals surface area contributed by atoms with Crippen LogP contribution >= 0.6 is 0 Å². The zero-order chi connectivity index (χ0) is 18.1. The number of fused-ring (bicyclic) bond motifs is 1. The Balaban J connectivity index is 1.51. The van der Waals surface area contributed by atoms with E-state index in [2.05, 4.69) is 22.0 Å². The first-order valence-electron chi connectivity index (χ1n) is 8.67. The van der Waals surface area contributed by atoms with Crippen LogP contribution in [-0.2, 0) is 7.05 Å². The average Bonchev–Trinajstić information content (AvgIpc) is 2.69. The number of hydrogen-bond donors (Lipinski definition) is 0. The average molecular weight is 348 g/mol. The highest BCUT2D eigenvalue weighted by molar-refractivity contribution is 5.95. The van der Waals surface area contributed by atoms with Crippen molar-refractivity contribution in [1.82, 2.24) is 14.5 Å². The first kappa shape index (κ1) is 16.3. The molecule has 0 bridgehead atoms. The maximum absolute atomic E-state index is 12.7. The number of benzene rings is 1. The van der Waals surface area contributed by atoms with Crippen molar-refractivity contribution in [3.8, 4) is 0 Å². The van der Waals surface area contributed by atoms with Crippen LogP contribution in [0.5, 0.6) is 0 Å². The van der Waals surface area contributed by atoms with Crippen LogP contribution in [0.2, 0.25) is 0 Å². The monoisotopic (exact) mass is 348 g/mol. The summed E-state index contributed by atoms with van der Waals surface area (Å²) < 4.78 is 1.44. The van der Waals surface area contributed by atoms with Gasteiger partial charge in [-0.3, -0.25) is 14.6 Å². The summed E-state index contributed by atoms with van der Waals surface area (Å²) in [5.41, 5.74) is 1.54. The van der Waals surface area contributed by atoms with Crippen LogP contribution in [0.1, 0.15) is 10.4 Å². The number of aryl methyl sites for hydroxylation is 1. The van der Waals surface area contributed by atoms with Gasteiger partial charge in [0.25, 0.3) is 5.91 Å². The molecule has 26 heavy (non-hydrogen) atoms.